The second-order valence-corrected chi connectivity index (χ2v) is 5.74. The average Bonchev–Trinajstić information content (AvgIpc) is 2.64. The monoisotopic (exact) mass is 240 g/mol. The van der Waals surface area contributed by atoms with Crippen molar-refractivity contribution in [3.05, 3.63) is 16.5 Å². The highest BCUT2D eigenvalue weighted by molar-refractivity contribution is 8.01. The van der Waals surface area contributed by atoms with Crippen molar-refractivity contribution in [1.29, 1.82) is 0 Å². The van der Waals surface area contributed by atoms with Gasteiger partial charge in [0.2, 0.25) is 0 Å². The molecule has 0 aliphatic rings. The third-order valence-corrected chi connectivity index (χ3v) is 4.48. The second kappa shape index (κ2) is 3.94. The Kier molecular flexibility index (Phi) is 2.79. The van der Waals surface area contributed by atoms with Gasteiger partial charge in [0.1, 0.15) is 5.82 Å². The van der Waals surface area contributed by atoms with E-state index in [1.54, 1.807) is 23.1 Å². The Labute approximate surface area is 96.8 Å². The average molecular weight is 240 g/mol. The normalized spacial score (nSPS) is 10.9. The van der Waals surface area contributed by atoms with Crippen LogP contribution in [0.2, 0.25) is 0 Å². The van der Waals surface area contributed by atoms with Crippen LogP contribution in [0.15, 0.2) is 9.37 Å². The lowest BCUT2D eigenvalue weighted by molar-refractivity contribution is 0.766. The highest BCUT2D eigenvalue weighted by Crippen LogP contribution is 2.33. The van der Waals surface area contributed by atoms with E-state index in [9.17, 15) is 0 Å². The molecule has 2 aromatic rings. The fourth-order valence-electron chi connectivity index (χ4n) is 1.17. The largest absolute Gasteiger partial charge is 0.309 e. The minimum absolute atomic E-state index is 0.916. The van der Waals surface area contributed by atoms with E-state index in [4.69, 9.17) is 0 Å². The summed E-state index contributed by atoms with van der Waals surface area (Å²) in [6.07, 6.45) is 0. The fourth-order valence-corrected chi connectivity index (χ4v) is 3.27. The Bertz CT molecular complexity index is 486. The van der Waals surface area contributed by atoms with E-state index in [0.29, 0.717) is 0 Å². The first kappa shape index (κ1) is 10.6. The van der Waals surface area contributed by atoms with Crippen LogP contribution < -0.4 is 0 Å². The van der Waals surface area contributed by atoms with Gasteiger partial charge in [0.05, 0.1) is 14.9 Å². The molecule has 6 heteroatoms. The van der Waals surface area contributed by atoms with Gasteiger partial charge < -0.3 is 4.57 Å². The molecule has 0 spiro atoms. The highest BCUT2D eigenvalue weighted by atomic mass is 32.2. The number of aromatic nitrogens is 4. The number of rotatable bonds is 2. The number of nitrogens with zero attached hydrogens (tertiary/aromatic N) is 4. The number of hydrogen-bond donors (Lipinski definition) is 0. The molecule has 0 saturated heterocycles. The van der Waals surface area contributed by atoms with Gasteiger partial charge in [0.25, 0.3) is 0 Å². The lowest BCUT2D eigenvalue weighted by Crippen LogP contribution is -1.92. The van der Waals surface area contributed by atoms with Crippen LogP contribution in [-0.2, 0) is 7.05 Å². The molecule has 0 N–H and O–H groups in total. The first-order valence-electron chi connectivity index (χ1n) is 4.56. The van der Waals surface area contributed by atoms with Crippen molar-refractivity contribution in [2.75, 3.05) is 0 Å². The van der Waals surface area contributed by atoms with Gasteiger partial charge in [-0.3, -0.25) is 0 Å². The van der Waals surface area contributed by atoms with Crippen molar-refractivity contribution in [2.24, 2.45) is 7.05 Å². The summed E-state index contributed by atoms with van der Waals surface area (Å²) in [4.78, 5) is 4.38. The van der Waals surface area contributed by atoms with Crippen LogP contribution in [0.1, 0.15) is 16.5 Å². The maximum absolute atomic E-state index is 4.38. The van der Waals surface area contributed by atoms with E-state index < -0.39 is 0 Å². The smallest absolute Gasteiger partial charge is 0.196 e. The second-order valence-electron chi connectivity index (χ2n) is 3.30. The third-order valence-electron chi connectivity index (χ3n) is 2.10. The lowest BCUT2D eigenvalue weighted by atomic mass is 10.6. The van der Waals surface area contributed by atoms with Gasteiger partial charge in [-0.2, -0.15) is 0 Å². The minimum atomic E-state index is 0.916. The summed E-state index contributed by atoms with van der Waals surface area (Å²) in [6.45, 7) is 5.99. The van der Waals surface area contributed by atoms with E-state index in [1.165, 1.54) is 4.21 Å². The van der Waals surface area contributed by atoms with E-state index >= 15 is 0 Å². The van der Waals surface area contributed by atoms with Crippen LogP contribution in [0, 0.1) is 20.8 Å². The molecule has 0 radical (unpaired) electrons. The first-order chi connectivity index (χ1) is 7.08. The summed E-state index contributed by atoms with van der Waals surface area (Å²) in [5.41, 5.74) is 1.07. The molecule has 0 saturated carbocycles. The van der Waals surface area contributed by atoms with Crippen LogP contribution in [0.25, 0.3) is 0 Å². The van der Waals surface area contributed by atoms with Crippen LogP contribution >= 0.6 is 23.1 Å². The molecule has 2 rings (SSSR count). The molecule has 80 valence electrons. The Morgan fingerprint density at radius 1 is 1.20 bits per heavy atom. The SMILES string of the molecule is Cc1nc(C)c(Sc2nnc(C)n2C)s1. The zero-order valence-corrected chi connectivity index (χ0v) is 10.7. The molecule has 0 atom stereocenters. The van der Waals surface area contributed by atoms with Gasteiger partial charge in [0.15, 0.2) is 5.16 Å². The molecular formula is C9H12N4S2. The zero-order chi connectivity index (χ0) is 11.0. The molecule has 0 fully saturated rings. The quantitative estimate of drug-likeness (QED) is 0.808. The third kappa shape index (κ3) is 2.05. The lowest BCUT2D eigenvalue weighted by Gasteiger charge is -1.98. The molecule has 0 amide bonds. The standard InChI is InChI=1S/C9H12N4S2/c1-5-8(14-7(3)10-5)15-9-12-11-6(2)13(9)4/h1-4H3. The Morgan fingerprint density at radius 3 is 2.40 bits per heavy atom. The van der Waals surface area contributed by atoms with Crippen molar-refractivity contribution in [1.82, 2.24) is 19.7 Å². The van der Waals surface area contributed by atoms with Crippen molar-refractivity contribution in [3.8, 4) is 0 Å². The Hall–Kier alpha value is -0.880. The summed E-state index contributed by atoms with van der Waals surface area (Å²) >= 11 is 3.33. The maximum Gasteiger partial charge on any atom is 0.196 e. The van der Waals surface area contributed by atoms with Crippen LogP contribution in [0.5, 0.6) is 0 Å². The molecule has 0 bridgehead atoms. The van der Waals surface area contributed by atoms with Crippen molar-refractivity contribution in [3.63, 3.8) is 0 Å². The molecule has 2 heterocycles. The minimum Gasteiger partial charge on any atom is -0.309 e. The predicted octanol–water partition coefficient (Wildman–Crippen LogP) is 2.35. The van der Waals surface area contributed by atoms with E-state index in [2.05, 4.69) is 15.2 Å². The molecule has 0 aliphatic heterocycles. The molecular weight excluding hydrogens is 228 g/mol. The summed E-state index contributed by atoms with van der Waals surface area (Å²) in [5, 5.41) is 10.1. The first-order valence-corrected chi connectivity index (χ1v) is 6.19. The molecule has 0 aromatic carbocycles. The topological polar surface area (TPSA) is 43.6 Å². The molecule has 4 nitrogen and oxygen atoms in total. The highest BCUT2D eigenvalue weighted by Gasteiger charge is 2.11. The summed E-state index contributed by atoms with van der Waals surface area (Å²) in [7, 11) is 1.97. The van der Waals surface area contributed by atoms with Gasteiger partial charge in [-0.25, -0.2) is 4.98 Å². The summed E-state index contributed by atoms with van der Waals surface area (Å²) in [5.74, 6) is 0.927. The fraction of sp³-hybridized carbons (Fsp3) is 0.444. The van der Waals surface area contributed by atoms with Crippen LogP contribution in [0.3, 0.4) is 0 Å². The van der Waals surface area contributed by atoms with E-state index in [-0.39, 0.29) is 0 Å². The number of thiazole rings is 1. The van der Waals surface area contributed by atoms with Gasteiger partial charge >= 0.3 is 0 Å². The van der Waals surface area contributed by atoms with Gasteiger partial charge in [-0.1, -0.05) is 0 Å². The van der Waals surface area contributed by atoms with Crippen molar-refractivity contribution < 1.29 is 0 Å². The zero-order valence-electron chi connectivity index (χ0n) is 9.11. The summed E-state index contributed by atoms with van der Waals surface area (Å²) < 4.78 is 3.18. The Morgan fingerprint density at radius 2 is 1.93 bits per heavy atom. The van der Waals surface area contributed by atoms with E-state index in [1.807, 2.05) is 32.4 Å². The molecule has 15 heavy (non-hydrogen) atoms. The van der Waals surface area contributed by atoms with Crippen LogP contribution in [0.4, 0.5) is 0 Å². The van der Waals surface area contributed by atoms with Gasteiger partial charge in [-0.05, 0) is 32.5 Å². The molecule has 0 unspecified atom stereocenters. The summed E-state index contributed by atoms with van der Waals surface area (Å²) in [6, 6.07) is 0. The molecule has 2 aromatic heterocycles. The van der Waals surface area contributed by atoms with Crippen molar-refractivity contribution in [2.45, 2.75) is 30.1 Å². The van der Waals surface area contributed by atoms with Crippen LogP contribution in [-0.4, -0.2) is 19.7 Å². The molecule has 0 aliphatic carbocycles. The number of aryl methyl sites for hydroxylation is 3. The van der Waals surface area contributed by atoms with Gasteiger partial charge in [-0.15, -0.1) is 21.5 Å². The predicted molar refractivity (Wildman–Crippen MR) is 61.5 cm³/mol. The number of hydrogen-bond acceptors (Lipinski definition) is 5. The Balaban J connectivity index is 2.29. The van der Waals surface area contributed by atoms with Crippen molar-refractivity contribution >= 4 is 23.1 Å². The van der Waals surface area contributed by atoms with E-state index in [0.717, 1.165) is 21.7 Å². The maximum atomic E-state index is 4.38. The van der Waals surface area contributed by atoms with Gasteiger partial charge in [0, 0.05) is 7.05 Å².